The summed E-state index contributed by atoms with van der Waals surface area (Å²) in [6, 6.07) is 13.2. The van der Waals surface area contributed by atoms with E-state index in [2.05, 4.69) is 0 Å². The summed E-state index contributed by atoms with van der Waals surface area (Å²) in [7, 11) is 1.62. The van der Waals surface area contributed by atoms with E-state index in [-0.39, 0.29) is 0 Å². The maximum Gasteiger partial charge on any atom is 0.120 e. The van der Waals surface area contributed by atoms with E-state index in [0.717, 1.165) is 22.6 Å². The molecule has 0 atom stereocenters. The zero-order chi connectivity index (χ0) is 11.5. The Kier molecular flexibility index (Phi) is 2.68. The Morgan fingerprint density at radius 3 is 2.19 bits per heavy atom. The fraction of sp³-hybridized carbons (Fsp3) is 0.0769. The molecule has 2 rings (SSSR count). The van der Waals surface area contributed by atoms with Crippen LogP contribution in [0.1, 0.15) is 0 Å². The van der Waals surface area contributed by atoms with Crippen LogP contribution in [0.25, 0.3) is 11.1 Å². The molecule has 3 heteroatoms. The molecule has 0 fully saturated rings. The maximum atomic E-state index is 5.96. The van der Waals surface area contributed by atoms with Crippen LogP contribution in [-0.4, -0.2) is 7.11 Å². The number of methoxy groups -OCH3 is 1. The average Bonchev–Trinajstić information content (AvgIpc) is 2.30. The lowest BCUT2D eigenvalue weighted by atomic mass is 10.0. The van der Waals surface area contributed by atoms with Gasteiger partial charge in [0.2, 0.25) is 0 Å². The average molecular weight is 214 g/mol. The lowest BCUT2D eigenvalue weighted by Crippen LogP contribution is -1.95. The Morgan fingerprint density at radius 1 is 0.875 bits per heavy atom. The SMILES string of the molecule is COc1ccc(-c2ccccc2N)c(N)c1. The number of para-hydroxylation sites is 1. The van der Waals surface area contributed by atoms with Crippen molar-refractivity contribution in [3.8, 4) is 16.9 Å². The predicted octanol–water partition coefficient (Wildman–Crippen LogP) is 2.53. The Labute approximate surface area is 94.6 Å². The van der Waals surface area contributed by atoms with Crippen LogP contribution in [0.15, 0.2) is 42.5 Å². The second kappa shape index (κ2) is 4.14. The first-order valence-electron chi connectivity index (χ1n) is 5.01. The molecule has 0 aromatic heterocycles. The highest BCUT2D eigenvalue weighted by Gasteiger charge is 2.06. The topological polar surface area (TPSA) is 61.3 Å². The summed E-state index contributed by atoms with van der Waals surface area (Å²) in [6.45, 7) is 0. The van der Waals surface area contributed by atoms with Crippen molar-refractivity contribution in [1.29, 1.82) is 0 Å². The van der Waals surface area contributed by atoms with Crippen LogP contribution >= 0.6 is 0 Å². The second-order valence-corrected chi connectivity index (χ2v) is 3.54. The molecule has 82 valence electrons. The number of rotatable bonds is 2. The van der Waals surface area contributed by atoms with E-state index < -0.39 is 0 Å². The molecular weight excluding hydrogens is 200 g/mol. The second-order valence-electron chi connectivity index (χ2n) is 3.54. The van der Waals surface area contributed by atoms with Gasteiger partial charge < -0.3 is 16.2 Å². The van der Waals surface area contributed by atoms with Gasteiger partial charge in [-0.1, -0.05) is 18.2 Å². The molecule has 0 saturated carbocycles. The third-order valence-electron chi connectivity index (χ3n) is 2.51. The Hall–Kier alpha value is -2.16. The molecule has 4 N–H and O–H groups in total. The molecule has 2 aromatic carbocycles. The van der Waals surface area contributed by atoms with E-state index in [1.54, 1.807) is 13.2 Å². The third kappa shape index (κ3) is 1.80. The smallest absolute Gasteiger partial charge is 0.120 e. The predicted molar refractivity (Wildman–Crippen MR) is 67.3 cm³/mol. The van der Waals surface area contributed by atoms with E-state index >= 15 is 0 Å². The number of anilines is 2. The van der Waals surface area contributed by atoms with Gasteiger partial charge >= 0.3 is 0 Å². The number of hydrogen-bond donors (Lipinski definition) is 2. The summed E-state index contributed by atoms with van der Waals surface area (Å²) >= 11 is 0. The van der Waals surface area contributed by atoms with E-state index in [0.29, 0.717) is 5.69 Å². The summed E-state index contributed by atoms with van der Waals surface area (Å²) in [4.78, 5) is 0. The molecule has 0 amide bonds. The van der Waals surface area contributed by atoms with Gasteiger partial charge in [-0.15, -0.1) is 0 Å². The Balaban J connectivity index is 2.53. The molecule has 16 heavy (non-hydrogen) atoms. The van der Waals surface area contributed by atoms with Gasteiger partial charge in [0.1, 0.15) is 5.75 Å². The molecule has 0 heterocycles. The van der Waals surface area contributed by atoms with Gasteiger partial charge in [0, 0.05) is 28.6 Å². The Bertz CT molecular complexity index is 509. The first-order chi connectivity index (χ1) is 7.72. The van der Waals surface area contributed by atoms with Crippen LogP contribution in [0.4, 0.5) is 11.4 Å². The molecule has 0 aliphatic rings. The van der Waals surface area contributed by atoms with Crippen molar-refractivity contribution in [2.45, 2.75) is 0 Å². The highest BCUT2D eigenvalue weighted by Crippen LogP contribution is 2.32. The minimum atomic E-state index is 0.664. The molecule has 0 unspecified atom stereocenters. The number of ether oxygens (including phenoxy) is 1. The van der Waals surface area contributed by atoms with E-state index in [4.69, 9.17) is 16.2 Å². The number of nitrogens with two attached hydrogens (primary N) is 2. The standard InChI is InChI=1S/C13H14N2O/c1-16-9-6-7-11(13(15)8-9)10-4-2-3-5-12(10)14/h2-8H,14-15H2,1H3. The monoisotopic (exact) mass is 214 g/mol. The van der Waals surface area contributed by atoms with Gasteiger partial charge in [0.05, 0.1) is 7.11 Å². The molecule has 0 saturated heterocycles. The van der Waals surface area contributed by atoms with Gasteiger partial charge in [0.15, 0.2) is 0 Å². The minimum absolute atomic E-state index is 0.664. The molecule has 2 aromatic rings. The fourth-order valence-corrected chi connectivity index (χ4v) is 1.66. The molecular formula is C13H14N2O. The minimum Gasteiger partial charge on any atom is -0.497 e. The fourth-order valence-electron chi connectivity index (χ4n) is 1.66. The van der Waals surface area contributed by atoms with Crippen LogP contribution in [-0.2, 0) is 0 Å². The summed E-state index contributed by atoms with van der Waals surface area (Å²) in [5.74, 6) is 0.746. The van der Waals surface area contributed by atoms with Gasteiger partial charge in [-0.05, 0) is 18.2 Å². The van der Waals surface area contributed by atoms with Crippen LogP contribution in [0.5, 0.6) is 5.75 Å². The van der Waals surface area contributed by atoms with Gasteiger partial charge in [-0.25, -0.2) is 0 Å². The molecule has 0 aliphatic heterocycles. The van der Waals surface area contributed by atoms with Gasteiger partial charge in [-0.3, -0.25) is 0 Å². The number of nitrogen functional groups attached to an aromatic ring is 2. The van der Waals surface area contributed by atoms with Crippen molar-refractivity contribution in [3.63, 3.8) is 0 Å². The quantitative estimate of drug-likeness (QED) is 0.755. The van der Waals surface area contributed by atoms with E-state index in [1.165, 1.54) is 0 Å². The largest absolute Gasteiger partial charge is 0.497 e. The zero-order valence-electron chi connectivity index (χ0n) is 9.10. The summed E-state index contributed by atoms with van der Waals surface area (Å²) in [5, 5.41) is 0. The van der Waals surface area contributed by atoms with Crippen LogP contribution in [0, 0.1) is 0 Å². The normalized spacial score (nSPS) is 10.1. The molecule has 0 bridgehead atoms. The van der Waals surface area contributed by atoms with Crippen molar-refractivity contribution in [1.82, 2.24) is 0 Å². The summed E-state index contributed by atoms with van der Waals surface area (Å²) in [6.07, 6.45) is 0. The van der Waals surface area contributed by atoms with Crippen molar-refractivity contribution >= 4 is 11.4 Å². The third-order valence-corrected chi connectivity index (χ3v) is 2.51. The summed E-state index contributed by atoms with van der Waals surface area (Å²) in [5.41, 5.74) is 15.1. The lowest BCUT2D eigenvalue weighted by molar-refractivity contribution is 0.415. The number of benzene rings is 2. The maximum absolute atomic E-state index is 5.96. The number of hydrogen-bond acceptors (Lipinski definition) is 3. The highest BCUT2D eigenvalue weighted by molar-refractivity contribution is 5.84. The van der Waals surface area contributed by atoms with Gasteiger partial charge in [-0.2, -0.15) is 0 Å². The molecule has 0 aliphatic carbocycles. The molecule has 0 spiro atoms. The van der Waals surface area contributed by atoms with E-state index in [1.807, 2.05) is 36.4 Å². The van der Waals surface area contributed by atoms with Crippen molar-refractivity contribution < 1.29 is 4.74 Å². The van der Waals surface area contributed by atoms with Crippen LogP contribution < -0.4 is 16.2 Å². The van der Waals surface area contributed by atoms with Crippen LogP contribution in [0.3, 0.4) is 0 Å². The molecule has 0 radical (unpaired) electrons. The first-order valence-corrected chi connectivity index (χ1v) is 5.01. The summed E-state index contributed by atoms with van der Waals surface area (Å²) < 4.78 is 5.10. The van der Waals surface area contributed by atoms with Crippen molar-refractivity contribution in [2.75, 3.05) is 18.6 Å². The van der Waals surface area contributed by atoms with Crippen molar-refractivity contribution in [3.05, 3.63) is 42.5 Å². The molecule has 3 nitrogen and oxygen atoms in total. The van der Waals surface area contributed by atoms with Crippen LogP contribution in [0.2, 0.25) is 0 Å². The first kappa shape index (κ1) is 10.4. The highest BCUT2D eigenvalue weighted by atomic mass is 16.5. The van der Waals surface area contributed by atoms with Crippen molar-refractivity contribution in [2.24, 2.45) is 0 Å². The van der Waals surface area contributed by atoms with Gasteiger partial charge in [0.25, 0.3) is 0 Å². The zero-order valence-corrected chi connectivity index (χ0v) is 9.10. The Morgan fingerprint density at radius 2 is 1.56 bits per heavy atom. The lowest BCUT2D eigenvalue weighted by Gasteiger charge is -2.10. The van der Waals surface area contributed by atoms with E-state index in [9.17, 15) is 0 Å².